The summed E-state index contributed by atoms with van der Waals surface area (Å²) in [5.74, 6) is 0. The molecule has 126 valence electrons. The Kier molecular flexibility index (Phi) is 5.51. The number of benzene rings is 1. The zero-order valence-electron chi connectivity index (χ0n) is 13.6. The molecule has 24 heavy (non-hydrogen) atoms. The molecular formula is C18H21N3O3. The number of aryl methyl sites for hydroxylation is 1. The fourth-order valence-corrected chi connectivity index (χ4v) is 2.93. The first-order valence-electron chi connectivity index (χ1n) is 8.23. The Morgan fingerprint density at radius 1 is 1.17 bits per heavy atom. The summed E-state index contributed by atoms with van der Waals surface area (Å²) in [6.45, 7) is 4.77. The van der Waals surface area contributed by atoms with Gasteiger partial charge in [-0.15, -0.1) is 0 Å². The average molecular weight is 327 g/mol. The molecule has 1 aromatic carbocycles. The van der Waals surface area contributed by atoms with Crippen LogP contribution in [0.2, 0.25) is 0 Å². The Balaban J connectivity index is 1.60. The second-order valence-corrected chi connectivity index (χ2v) is 5.88. The maximum absolute atomic E-state index is 11.1. The minimum atomic E-state index is -0.390. The summed E-state index contributed by atoms with van der Waals surface area (Å²) < 4.78 is 5.35. The molecule has 0 radical (unpaired) electrons. The van der Waals surface area contributed by atoms with E-state index in [-0.39, 0.29) is 5.69 Å². The molecule has 1 fully saturated rings. The third kappa shape index (κ3) is 4.15. The summed E-state index contributed by atoms with van der Waals surface area (Å²) in [4.78, 5) is 17.3. The van der Waals surface area contributed by atoms with Crippen molar-refractivity contribution in [1.29, 1.82) is 0 Å². The largest absolute Gasteiger partial charge is 0.379 e. The molecule has 0 amide bonds. The summed E-state index contributed by atoms with van der Waals surface area (Å²) in [6, 6.07) is 11.0. The lowest BCUT2D eigenvalue weighted by atomic mass is 10.0. The Labute approximate surface area is 141 Å². The number of hydrogen-bond acceptors (Lipinski definition) is 5. The van der Waals surface area contributed by atoms with Gasteiger partial charge in [-0.25, -0.2) is 4.98 Å². The minimum Gasteiger partial charge on any atom is -0.379 e. The van der Waals surface area contributed by atoms with Crippen LogP contribution in [0.25, 0.3) is 11.3 Å². The smallest absolute Gasteiger partial charge is 0.295 e. The van der Waals surface area contributed by atoms with Gasteiger partial charge in [0.05, 0.1) is 18.1 Å². The van der Waals surface area contributed by atoms with E-state index < -0.39 is 4.92 Å². The molecule has 0 N–H and O–H groups in total. The number of hydrogen-bond donors (Lipinski definition) is 0. The average Bonchev–Trinajstić information content (AvgIpc) is 2.63. The van der Waals surface area contributed by atoms with E-state index >= 15 is 0 Å². The van der Waals surface area contributed by atoms with Crippen LogP contribution in [-0.2, 0) is 11.2 Å². The van der Waals surface area contributed by atoms with E-state index in [1.165, 1.54) is 11.6 Å². The third-order valence-electron chi connectivity index (χ3n) is 4.25. The van der Waals surface area contributed by atoms with Gasteiger partial charge >= 0.3 is 0 Å². The molecule has 1 aliphatic heterocycles. The Morgan fingerprint density at radius 2 is 1.92 bits per heavy atom. The number of rotatable bonds is 6. The molecule has 1 aromatic heterocycles. The van der Waals surface area contributed by atoms with Crippen LogP contribution in [0.1, 0.15) is 12.0 Å². The van der Waals surface area contributed by atoms with Gasteiger partial charge in [-0.3, -0.25) is 15.0 Å². The second-order valence-electron chi connectivity index (χ2n) is 5.88. The lowest BCUT2D eigenvalue weighted by Crippen LogP contribution is -2.36. The molecule has 0 aliphatic carbocycles. The normalized spacial score (nSPS) is 15.3. The molecule has 1 aliphatic rings. The van der Waals surface area contributed by atoms with E-state index in [4.69, 9.17) is 4.74 Å². The van der Waals surface area contributed by atoms with Crippen LogP contribution in [0, 0.1) is 10.1 Å². The summed E-state index contributed by atoms with van der Waals surface area (Å²) in [5, 5.41) is 11.1. The molecule has 0 saturated carbocycles. The van der Waals surface area contributed by atoms with Crippen LogP contribution >= 0.6 is 0 Å². The predicted molar refractivity (Wildman–Crippen MR) is 91.9 cm³/mol. The van der Waals surface area contributed by atoms with E-state index in [2.05, 4.69) is 9.88 Å². The third-order valence-corrected chi connectivity index (χ3v) is 4.25. The summed E-state index contributed by atoms with van der Waals surface area (Å²) in [5.41, 5.74) is 2.48. The number of nitrogens with zero attached hydrogens (tertiary/aromatic N) is 3. The highest BCUT2D eigenvalue weighted by Crippen LogP contribution is 2.27. The zero-order valence-corrected chi connectivity index (χ0v) is 13.6. The fourth-order valence-electron chi connectivity index (χ4n) is 2.93. The standard InChI is InChI=1S/C18H21N3O3/c22-21(23)17-4-1-9-19-18(17)16-7-5-15(6-8-16)3-2-10-20-11-13-24-14-12-20/h1,4-9H,2-3,10-14H2. The van der Waals surface area contributed by atoms with Crippen molar-refractivity contribution in [2.75, 3.05) is 32.8 Å². The van der Waals surface area contributed by atoms with Crippen LogP contribution in [0.5, 0.6) is 0 Å². The topological polar surface area (TPSA) is 68.5 Å². The van der Waals surface area contributed by atoms with Gasteiger partial charge in [-0.2, -0.15) is 0 Å². The van der Waals surface area contributed by atoms with Gasteiger partial charge in [-0.05, 0) is 31.0 Å². The van der Waals surface area contributed by atoms with Crippen LogP contribution in [0.15, 0.2) is 42.6 Å². The van der Waals surface area contributed by atoms with Crippen molar-refractivity contribution in [2.45, 2.75) is 12.8 Å². The van der Waals surface area contributed by atoms with Crippen molar-refractivity contribution < 1.29 is 9.66 Å². The fraction of sp³-hybridized carbons (Fsp3) is 0.389. The van der Waals surface area contributed by atoms with Crippen molar-refractivity contribution in [3.63, 3.8) is 0 Å². The molecule has 0 unspecified atom stereocenters. The van der Waals surface area contributed by atoms with Crippen LogP contribution < -0.4 is 0 Å². The molecule has 2 heterocycles. The number of ether oxygens (including phenoxy) is 1. The first-order valence-corrected chi connectivity index (χ1v) is 8.23. The summed E-state index contributed by atoms with van der Waals surface area (Å²) >= 11 is 0. The Bertz CT molecular complexity index is 682. The van der Waals surface area contributed by atoms with Crippen molar-refractivity contribution in [2.24, 2.45) is 0 Å². The second kappa shape index (κ2) is 7.99. The highest BCUT2D eigenvalue weighted by molar-refractivity contribution is 5.69. The maximum Gasteiger partial charge on any atom is 0.295 e. The van der Waals surface area contributed by atoms with E-state index in [9.17, 15) is 10.1 Å². The van der Waals surface area contributed by atoms with Gasteiger partial charge in [0, 0.05) is 30.9 Å². The molecule has 3 rings (SSSR count). The predicted octanol–water partition coefficient (Wildman–Crippen LogP) is 2.92. The highest BCUT2D eigenvalue weighted by atomic mass is 16.6. The molecule has 0 spiro atoms. The van der Waals surface area contributed by atoms with E-state index in [0.29, 0.717) is 5.69 Å². The lowest BCUT2D eigenvalue weighted by Gasteiger charge is -2.26. The molecule has 6 heteroatoms. The van der Waals surface area contributed by atoms with Crippen LogP contribution in [0.4, 0.5) is 5.69 Å². The van der Waals surface area contributed by atoms with Crippen LogP contribution in [0.3, 0.4) is 0 Å². The molecule has 1 saturated heterocycles. The maximum atomic E-state index is 11.1. The molecule has 2 aromatic rings. The van der Waals surface area contributed by atoms with Crippen molar-refractivity contribution in [3.8, 4) is 11.3 Å². The Morgan fingerprint density at radius 3 is 2.62 bits per heavy atom. The van der Waals surface area contributed by atoms with E-state index in [0.717, 1.165) is 51.3 Å². The SMILES string of the molecule is O=[N+]([O-])c1cccnc1-c1ccc(CCCN2CCOCC2)cc1. The van der Waals surface area contributed by atoms with E-state index in [1.54, 1.807) is 12.3 Å². The number of aromatic nitrogens is 1. The monoisotopic (exact) mass is 327 g/mol. The van der Waals surface area contributed by atoms with E-state index in [1.807, 2.05) is 24.3 Å². The van der Waals surface area contributed by atoms with Gasteiger partial charge in [0.25, 0.3) is 5.69 Å². The van der Waals surface area contributed by atoms with Gasteiger partial charge in [0.15, 0.2) is 0 Å². The van der Waals surface area contributed by atoms with Gasteiger partial charge in [0.2, 0.25) is 0 Å². The molecule has 0 bridgehead atoms. The molecule has 6 nitrogen and oxygen atoms in total. The molecule has 0 atom stereocenters. The lowest BCUT2D eigenvalue weighted by molar-refractivity contribution is -0.384. The minimum absolute atomic E-state index is 0.0394. The quantitative estimate of drug-likeness (QED) is 0.603. The van der Waals surface area contributed by atoms with Crippen molar-refractivity contribution in [3.05, 3.63) is 58.3 Å². The summed E-state index contributed by atoms with van der Waals surface area (Å²) in [7, 11) is 0. The van der Waals surface area contributed by atoms with Crippen LogP contribution in [-0.4, -0.2) is 47.7 Å². The van der Waals surface area contributed by atoms with Crippen molar-refractivity contribution >= 4 is 5.69 Å². The van der Waals surface area contributed by atoms with Gasteiger partial charge in [0.1, 0.15) is 5.69 Å². The first-order chi connectivity index (χ1) is 11.7. The number of pyridine rings is 1. The van der Waals surface area contributed by atoms with Gasteiger partial charge < -0.3 is 4.74 Å². The van der Waals surface area contributed by atoms with Crippen molar-refractivity contribution in [1.82, 2.24) is 9.88 Å². The highest BCUT2D eigenvalue weighted by Gasteiger charge is 2.15. The summed E-state index contributed by atoms with van der Waals surface area (Å²) in [6.07, 6.45) is 3.68. The number of nitro groups is 1. The van der Waals surface area contributed by atoms with Gasteiger partial charge in [-0.1, -0.05) is 24.3 Å². The molecular weight excluding hydrogens is 306 g/mol. The zero-order chi connectivity index (χ0) is 16.8. The first kappa shape index (κ1) is 16.5. The number of morpholine rings is 1. The Hall–Kier alpha value is -2.31.